The van der Waals surface area contributed by atoms with E-state index >= 15 is 0 Å². The maximum absolute atomic E-state index is 10.3. The fraction of sp³-hybridized carbons (Fsp3) is 0.750. The number of ether oxygens (including phenoxy) is 1. The summed E-state index contributed by atoms with van der Waals surface area (Å²) in [5.41, 5.74) is 0. The van der Waals surface area contributed by atoms with E-state index in [-0.39, 0.29) is 5.12 Å². The van der Waals surface area contributed by atoms with Crippen molar-refractivity contribution >= 4 is 16.9 Å². The first-order valence-electron chi connectivity index (χ1n) is 2.13. The first-order valence-corrected chi connectivity index (χ1v) is 3.11. The summed E-state index contributed by atoms with van der Waals surface area (Å²) in [7, 11) is 0. The van der Waals surface area contributed by atoms with Crippen LogP contribution in [0.4, 0.5) is 0 Å². The molecule has 40 valence electrons. The van der Waals surface area contributed by atoms with E-state index in [1.165, 1.54) is 11.8 Å². The van der Waals surface area contributed by atoms with Gasteiger partial charge in [-0.1, -0.05) is 11.8 Å². The molecular weight excluding hydrogens is 112 g/mol. The van der Waals surface area contributed by atoms with Gasteiger partial charge in [-0.25, -0.2) is 0 Å². The van der Waals surface area contributed by atoms with Crippen LogP contribution in [0.1, 0.15) is 0 Å². The van der Waals surface area contributed by atoms with E-state index in [9.17, 15) is 4.79 Å². The fourth-order valence-electron chi connectivity index (χ4n) is 0.412. The number of hydrogen-bond donors (Lipinski definition) is 0. The molecule has 0 saturated carbocycles. The van der Waals surface area contributed by atoms with Gasteiger partial charge in [0, 0.05) is 5.75 Å². The van der Waals surface area contributed by atoms with Crippen molar-refractivity contribution in [2.45, 2.75) is 0 Å². The predicted molar refractivity (Wildman–Crippen MR) is 28.3 cm³/mol. The largest absolute Gasteiger partial charge is 0.372 e. The smallest absolute Gasteiger partial charge is 0.214 e. The van der Waals surface area contributed by atoms with E-state index in [4.69, 9.17) is 4.74 Å². The summed E-state index contributed by atoms with van der Waals surface area (Å²) < 4.78 is 4.81. The molecule has 0 aromatic rings. The van der Waals surface area contributed by atoms with Gasteiger partial charge in [0.1, 0.15) is 6.61 Å². The molecule has 2 nitrogen and oxygen atoms in total. The zero-order chi connectivity index (χ0) is 5.11. The highest BCUT2D eigenvalue weighted by atomic mass is 32.2. The molecule has 0 amide bonds. The number of carbonyl (C=O) groups is 1. The molecule has 7 heavy (non-hydrogen) atoms. The van der Waals surface area contributed by atoms with Crippen molar-refractivity contribution in [1.82, 2.24) is 0 Å². The lowest BCUT2D eigenvalue weighted by atomic mass is 10.7. The summed E-state index contributed by atoms with van der Waals surface area (Å²) in [6, 6.07) is 0. The van der Waals surface area contributed by atoms with Crippen molar-refractivity contribution in [2.24, 2.45) is 0 Å². The Labute approximate surface area is 46.2 Å². The van der Waals surface area contributed by atoms with Crippen LogP contribution >= 0.6 is 11.8 Å². The average Bonchev–Trinajstić information content (AvgIpc) is 1.69. The topological polar surface area (TPSA) is 26.3 Å². The molecule has 0 aromatic carbocycles. The van der Waals surface area contributed by atoms with Gasteiger partial charge in [-0.2, -0.15) is 0 Å². The molecule has 0 aliphatic carbocycles. The second-order valence-electron chi connectivity index (χ2n) is 1.27. The monoisotopic (exact) mass is 118 g/mol. The third kappa shape index (κ3) is 1.49. The molecule has 1 heterocycles. The molecule has 1 aliphatic rings. The summed E-state index contributed by atoms with van der Waals surface area (Å²) >= 11 is 1.35. The molecule has 0 radical (unpaired) electrons. The molecule has 3 heteroatoms. The van der Waals surface area contributed by atoms with E-state index in [0.29, 0.717) is 6.61 Å². The first-order chi connectivity index (χ1) is 3.39. The van der Waals surface area contributed by atoms with Gasteiger partial charge in [0.2, 0.25) is 5.12 Å². The van der Waals surface area contributed by atoms with E-state index < -0.39 is 0 Å². The zero-order valence-electron chi connectivity index (χ0n) is 3.85. The molecule has 0 unspecified atom stereocenters. The Morgan fingerprint density at radius 3 is 2.86 bits per heavy atom. The lowest BCUT2D eigenvalue weighted by Crippen LogP contribution is -2.14. The minimum atomic E-state index is 0.159. The Morgan fingerprint density at radius 2 is 2.57 bits per heavy atom. The highest BCUT2D eigenvalue weighted by Gasteiger charge is 2.06. The zero-order valence-corrected chi connectivity index (χ0v) is 4.66. The van der Waals surface area contributed by atoms with Crippen LogP contribution in [-0.2, 0) is 9.53 Å². The van der Waals surface area contributed by atoms with Crippen LogP contribution in [0.5, 0.6) is 0 Å². The maximum Gasteiger partial charge on any atom is 0.214 e. The number of carbonyl (C=O) groups excluding carboxylic acids is 1. The Bertz CT molecular complexity index is 73.8. The van der Waals surface area contributed by atoms with Crippen LogP contribution in [0.25, 0.3) is 0 Å². The SMILES string of the molecule is O=C1COCCS1. The van der Waals surface area contributed by atoms with Crippen molar-refractivity contribution in [1.29, 1.82) is 0 Å². The number of rotatable bonds is 0. The molecule has 0 N–H and O–H groups in total. The molecule has 0 aromatic heterocycles. The molecule has 1 fully saturated rings. The van der Waals surface area contributed by atoms with Crippen molar-refractivity contribution in [3.8, 4) is 0 Å². The van der Waals surface area contributed by atoms with Gasteiger partial charge in [-0.3, -0.25) is 4.79 Å². The molecular formula is C4H6O2S. The normalized spacial score (nSPS) is 22.6. The number of thioether (sulfide) groups is 1. The van der Waals surface area contributed by atoms with Gasteiger partial charge < -0.3 is 4.74 Å². The maximum atomic E-state index is 10.3. The quantitative estimate of drug-likeness (QED) is 0.457. The lowest BCUT2D eigenvalue weighted by Gasteiger charge is -2.06. The van der Waals surface area contributed by atoms with E-state index in [1.54, 1.807) is 0 Å². The molecule has 0 bridgehead atoms. The fourth-order valence-corrected chi connectivity index (χ4v) is 1.01. The van der Waals surface area contributed by atoms with Gasteiger partial charge in [-0.15, -0.1) is 0 Å². The van der Waals surface area contributed by atoms with Gasteiger partial charge in [0.05, 0.1) is 6.61 Å². The van der Waals surface area contributed by atoms with Gasteiger partial charge >= 0.3 is 0 Å². The summed E-state index contributed by atoms with van der Waals surface area (Å²) in [6.07, 6.45) is 0. The van der Waals surface area contributed by atoms with Crippen molar-refractivity contribution < 1.29 is 9.53 Å². The highest BCUT2D eigenvalue weighted by Crippen LogP contribution is 2.06. The third-order valence-corrected chi connectivity index (χ3v) is 1.52. The third-order valence-electron chi connectivity index (χ3n) is 0.711. The second-order valence-corrected chi connectivity index (χ2v) is 2.43. The summed E-state index contributed by atoms with van der Waals surface area (Å²) in [5, 5.41) is 0.159. The average molecular weight is 118 g/mol. The van der Waals surface area contributed by atoms with Gasteiger partial charge in [0.25, 0.3) is 0 Å². The summed E-state index contributed by atoms with van der Waals surface area (Å²) in [5.74, 6) is 0.832. The van der Waals surface area contributed by atoms with Crippen LogP contribution < -0.4 is 0 Å². The summed E-state index contributed by atoms with van der Waals surface area (Å²) in [6.45, 7) is 1.04. The summed E-state index contributed by atoms with van der Waals surface area (Å²) in [4.78, 5) is 10.3. The van der Waals surface area contributed by atoms with Crippen molar-refractivity contribution in [2.75, 3.05) is 19.0 Å². The molecule has 1 rings (SSSR count). The predicted octanol–water partition coefficient (Wildman–Crippen LogP) is 0.276. The van der Waals surface area contributed by atoms with E-state index in [2.05, 4.69) is 0 Å². The molecule has 0 atom stereocenters. The van der Waals surface area contributed by atoms with Gasteiger partial charge in [0.15, 0.2) is 0 Å². The van der Waals surface area contributed by atoms with Crippen LogP contribution in [-0.4, -0.2) is 24.1 Å². The molecule has 1 aliphatic heterocycles. The Hall–Kier alpha value is -0.0200. The minimum absolute atomic E-state index is 0.159. The molecule has 0 spiro atoms. The Kier molecular flexibility index (Phi) is 1.70. The van der Waals surface area contributed by atoms with Gasteiger partial charge in [-0.05, 0) is 0 Å². The van der Waals surface area contributed by atoms with E-state index in [0.717, 1.165) is 12.4 Å². The van der Waals surface area contributed by atoms with Crippen LogP contribution in [0.15, 0.2) is 0 Å². The number of hydrogen-bond acceptors (Lipinski definition) is 3. The minimum Gasteiger partial charge on any atom is -0.372 e. The Morgan fingerprint density at radius 1 is 1.71 bits per heavy atom. The van der Waals surface area contributed by atoms with Crippen molar-refractivity contribution in [3.05, 3.63) is 0 Å². The second kappa shape index (κ2) is 2.33. The lowest BCUT2D eigenvalue weighted by molar-refractivity contribution is -0.115. The standard InChI is InChI=1S/C4H6O2S/c5-4-3-6-1-2-7-4/h1-3H2. The van der Waals surface area contributed by atoms with Crippen LogP contribution in [0, 0.1) is 0 Å². The Balaban J connectivity index is 2.25. The highest BCUT2D eigenvalue weighted by molar-refractivity contribution is 8.13. The van der Waals surface area contributed by atoms with Crippen molar-refractivity contribution in [3.63, 3.8) is 0 Å². The molecule has 1 saturated heterocycles. The van der Waals surface area contributed by atoms with Crippen LogP contribution in [0.2, 0.25) is 0 Å². The van der Waals surface area contributed by atoms with E-state index in [1.807, 2.05) is 0 Å². The first kappa shape index (κ1) is 5.12. The van der Waals surface area contributed by atoms with Crippen LogP contribution in [0.3, 0.4) is 0 Å².